The molecule has 2 N–H and O–H groups in total. The quantitative estimate of drug-likeness (QED) is 0.705. The molecule has 1 aliphatic carbocycles. The minimum absolute atomic E-state index is 0.158. The van der Waals surface area contributed by atoms with E-state index >= 15 is 0 Å². The zero-order valence-electron chi connectivity index (χ0n) is 8.63. The molecule has 0 amide bonds. The van der Waals surface area contributed by atoms with Gasteiger partial charge in [-0.25, -0.2) is 0 Å². The Balaban J connectivity index is 2.53. The van der Waals surface area contributed by atoms with Gasteiger partial charge in [-0.15, -0.1) is 0 Å². The highest BCUT2D eigenvalue weighted by atomic mass is 16.3. The van der Waals surface area contributed by atoms with Gasteiger partial charge in [-0.2, -0.15) is 0 Å². The normalized spacial score (nSPS) is 34.8. The van der Waals surface area contributed by atoms with Crippen molar-refractivity contribution in [1.29, 1.82) is 0 Å². The average molecular weight is 186 g/mol. The van der Waals surface area contributed by atoms with Crippen molar-refractivity contribution in [3.8, 4) is 0 Å². The number of hydrogen-bond donors (Lipinski definition) is 2. The fourth-order valence-electron chi connectivity index (χ4n) is 2.37. The van der Waals surface area contributed by atoms with Crippen LogP contribution in [0.5, 0.6) is 0 Å². The van der Waals surface area contributed by atoms with Gasteiger partial charge in [0.25, 0.3) is 0 Å². The molecule has 0 radical (unpaired) electrons. The number of hydrogen-bond acceptors (Lipinski definition) is 2. The number of aliphatic hydroxyl groups is 2. The molecule has 2 atom stereocenters. The fraction of sp³-hybridized carbons (Fsp3) is 1.00. The first-order chi connectivity index (χ1) is 6.25. The SMILES string of the molecule is CCCCC1(CO)CCCCC1O. The third-order valence-corrected chi connectivity index (χ3v) is 3.45. The van der Waals surface area contributed by atoms with Crippen LogP contribution in [0, 0.1) is 5.41 Å². The Morgan fingerprint density at radius 3 is 2.69 bits per heavy atom. The molecule has 1 aliphatic rings. The minimum Gasteiger partial charge on any atom is -0.396 e. The van der Waals surface area contributed by atoms with E-state index in [0.717, 1.165) is 38.5 Å². The highest BCUT2D eigenvalue weighted by molar-refractivity contribution is 4.89. The van der Waals surface area contributed by atoms with Crippen LogP contribution in [-0.4, -0.2) is 22.9 Å². The molecule has 78 valence electrons. The van der Waals surface area contributed by atoms with Crippen LogP contribution in [0.3, 0.4) is 0 Å². The van der Waals surface area contributed by atoms with Crippen LogP contribution < -0.4 is 0 Å². The van der Waals surface area contributed by atoms with E-state index in [1.807, 2.05) is 0 Å². The zero-order valence-corrected chi connectivity index (χ0v) is 8.63. The van der Waals surface area contributed by atoms with Gasteiger partial charge in [0, 0.05) is 5.41 Å². The monoisotopic (exact) mass is 186 g/mol. The lowest BCUT2D eigenvalue weighted by atomic mass is 9.69. The van der Waals surface area contributed by atoms with Crippen LogP contribution in [-0.2, 0) is 0 Å². The molecule has 1 rings (SSSR count). The molecular formula is C11H22O2. The second kappa shape index (κ2) is 4.97. The molecule has 0 aromatic heterocycles. The Labute approximate surface area is 81.0 Å². The van der Waals surface area contributed by atoms with E-state index in [9.17, 15) is 10.2 Å². The van der Waals surface area contributed by atoms with Crippen LogP contribution in [0.4, 0.5) is 0 Å². The van der Waals surface area contributed by atoms with Crippen molar-refractivity contribution in [2.75, 3.05) is 6.61 Å². The van der Waals surface area contributed by atoms with Crippen molar-refractivity contribution in [2.24, 2.45) is 5.41 Å². The third-order valence-electron chi connectivity index (χ3n) is 3.45. The lowest BCUT2D eigenvalue weighted by Gasteiger charge is -2.40. The molecule has 2 nitrogen and oxygen atoms in total. The molecule has 0 bridgehead atoms. The van der Waals surface area contributed by atoms with Crippen LogP contribution in [0.1, 0.15) is 51.9 Å². The van der Waals surface area contributed by atoms with Crippen molar-refractivity contribution in [1.82, 2.24) is 0 Å². The molecule has 0 aromatic carbocycles. The van der Waals surface area contributed by atoms with Crippen molar-refractivity contribution in [3.63, 3.8) is 0 Å². The lowest BCUT2D eigenvalue weighted by molar-refractivity contribution is -0.0539. The number of rotatable bonds is 4. The summed E-state index contributed by atoms with van der Waals surface area (Å²) in [7, 11) is 0. The molecule has 2 heteroatoms. The molecule has 13 heavy (non-hydrogen) atoms. The Kier molecular flexibility index (Phi) is 4.20. The van der Waals surface area contributed by atoms with E-state index in [2.05, 4.69) is 6.92 Å². The topological polar surface area (TPSA) is 40.5 Å². The summed E-state index contributed by atoms with van der Waals surface area (Å²) in [5, 5.41) is 19.3. The van der Waals surface area contributed by atoms with Gasteiger partial charge in [0.15, 0.2) is 0 Å². The lowest BCUT2D eigenvalue weighted by Crippen LogP contribution is -2.41. The van der Waals surface area contributed by atoms with Gasteiger partial charge in [0.1, 0.15) is 0 Å². The predicted octanol–water partition coefficient (Wildman–Crippen LogP) is 2.09. The van der Waals surface area contributed by atoms with Gasteiger partial charge in [0.05, 0.1) is 12.7 Å². The summed E-state index contributed by atoms with van der Waals surface area (Å²) in [4.78, 5) is 0. The third kappa shape index (κ3) is 2.44. The van der Waals surface area contributed by atoms with Gasteiger partial charge in [-0.05, 0) is 19.3 Å². The summed E-state index contributed by atoms with van der Waals surface area (Å²) in [6, 6.07) is 0. The molecule has 0 spiro atoms. The summed E-state index contributed by atoms with van der Waals surface area (Å²) in [6.07, 6.45) is 7.16. The van der Waals surface area contributed by atoms with Crippen molar-refractivity contribution in [2.45, 2.75) is 58.0 Å². The maximum atomic E-state index is 9.89. The first kappa shape index (κ1) is 11.0. The van der Waals surface area contributed by atoms with Crippen LogP contribution in [0.2, 0.25) is 0 Å². The summed E-state index contributed by atoms with van der Waals surface area (Å²) in [5.41, 5.74) is -0.158. The predicted molar refractivity (Wildman–Crippen MR) is 53.5 cm³/mol. The molecule has 0 saturated heterocycles. The summed E-state index contributed by atoms with van der Waals surface area (Å²) >= 11 is 0. The van der Waals surface area contributed by atoms with Gasteiger partial charge < -0.3 is 10.2 Å². The van der Waals surface area contributed by atoms with E-state index in [1.54, 1.807) is 0 Å². The minimum atomic E-state index is -0.266. The van der Waals surface area contributed by atoms with Crippen molar-refractivity contribution >= 4 is 0 Å². The zero-order chi connectivity index (χ0) is 9.73. The molecule has 2 unspecified atom stereocenters. The van der Waals surface area contributed by atoms with E-state index in [0.29, 0.717) is 0 Å². The van der Waals surface area contributed by atoms with E-state index < -0.39 is 0 Å². The largest absolute Gasteiger partial charge is 0.396 e. The average Bonchev–Trinajstić information content (AvgIpc) is 2.17. The highest BCUT2D eigenvalue weighted by Gasteiger charge is 2.38. The molecule has 1 fully saturated rings. The van der Waals surface area contributed by atoms with E-state index in [-0.39, 0.29) is 18.1 Å². The number of unbranched alkanes of at least 4 members (excludes halogenated alkanes) is 1. The molecular weight excluding hydrogens is 164 g/mol. The van der Waals surface area contributed by atoms with Crippen LogP contribution in [0.25, 0.3) is 0 Å². The first-order valence-electron chi connectivity index (χ1n) is 5.54. The first-order valence-corrected chi connectivity index (χ1v) is 5.54. The Morgan fingerprint density at radius 2 is 2.15 bits per heavy atom. The van der Waals surface area contributed by atoms with Crippen molar-refractivity contribution in [3.05, 3.63) is 0 Å². The molecule has 0 aromatic rings. The van der Waals surface area contributed by atoms with E-state index in [4.69, 9.17) is 0 Å². The molecule has 0 aliphatic heterocycles. The standard InChI is InChI=1S/C11H22O2/c1-2-3-7-11(9-12)8-5-4-6-10(11)13/h10,12-13H,2-9H2,1H3. The molecule has 1 saturated carbocycles. The Morgan fingerprint density at radius 1 is 1.38 bits per heavy atom. The van der Waals surface area contributed by atoms with Crippen LogP contribution >= 0.6 is 0 Å². The van der Waals surface area contributed by atoms with Crippen molar-refractivity contribution < 1.29 is 10.2 Å². The Bertz CT molecular complexity index is 147. The maximum absolute atomic E-state index is 9.89. The number of aliphatic hydroxyl groups excluding tert-OH is 2. The van der Waals surface area contributed by atoms with E-state index in [1.165, 1.54) is 6.42 Å². The van der Waals surface area contributed by atoms with Gasteiger partial charge in [-0.1, -0.05) is 32.6 Å². The fourth-order valence-corrected chi connectivity index (χ4v) is 2.37. The summed E-state index contributed by atoms with van der Waals surface area (Å²) < 4.78 is 0. The second-order valence-corrected chi connectivity index (χ2v) is 4.39. The smallest absolute Gasteiger partial charge is 0.0618 e. The van der Waals surface area contributed by atoms with Gasteiger partial charge in [0.2, 0.25) is 0 Å². The Hall–Kier alpha value is -0.0800. The summed E-state index contributed by atoms with van der Waals surface area (Å²) in [5.74, 6) is 0. The molecule has 0 heterocycles. The van der Waals surface area contributed by atoms with Gasteiger partial charge >= 0.3 is 0 Å². The highest BCUT2D eigenvalue weighted by Crippen LogP contribution is 2.40. The van der Waals surface area contributed by atoms with Gasteiger partial charge in [-0.3, -0.25) is 0 Å². The second-order valence-electron chi connectivity index (χ2n) is 4.39. The maximum Gasteiger partial charge on any atom is 0.0618 e. The summed E-state index contributed by atoms with van der Waals surface area (Å²) in [6.45, 7) is 2.31. The van der Waals surface area contributed by atoms with Crippen LogP contribution in [0.15, 0.2) is 0 Å².